The summed E-state index contributed by atoms with van der Waals surface area (Å²) < 4.78 is 5.17. The number of nitrogens with two attached hydrogens (primary N) is 1. The van der Waals surface area contributed by atoms with Crippen molar-refractivity contribution in [2.75, 3.05) is 26.8 Å². The second-order valence-electron chi connectivity index (χ2n) is 5.59. The van der Waals surface area contributed by atoms with E-state index in [0.29, 0.717) is 12.0 Å². The molecule has 0 aliphatic carbocycles. The summed E-state index contributed by atoms with van der Waals surface area (Å²) in [5, 5.41) is 3.42. The number of allylic oxidation sites excluding steroid dienone is 1. The Morgan fingerprint density at radius 1 is 1.32 bits per heavy atom. The van der Waals surface area contributed by atoms with Gasteiger partial charge in [0.15, 0.2) is 0 Å². The van der Waals surface area contributed by atoms with Gasteiger partial charge in [-0.2, -0.15) is 0 Å². The number of hydrogen-bond donors (Lipinski definition) is 2. The zero-order valence-electron chi connectivity index (χ0n) is 15.5. The van der Waals surface area contributed by atoms with Crippen molar-refractivity contribution in [3.05, 3.63) is 11.3 Å². The highest BCUT2D eigenvalue weighted by atomic mass is 16.5. The summed E-state index contributed by atoms with van der Waals surface area (Å²) in [5.74, 6) is 0.425. The Bertz CT molecular complexity index is 350. The number of ether oxygens (including phenoxy) is 1. The maximum atomic E-state index is 6.34. The monoisotopic (exact) mass is 311 g/mol. The van der Waals surface area contributed by atoms with E-state index >= 15 is 0 Å². The van der Waals surface area contributed by atoms with Crippen LogP contribution in [0.4, 0.5) is 0 Å². The number of nitrogens with one attached hydrogen (secondary N) is 1. The van der Waals surface area contributed by atoms with Gasteiger partial charge in [0.25, 0.3) is 0 Å². The Morgan fingerprint density at radius 3 is 2.55 bits per heavy atom. The molecule has 0 aromatic heterocycles. The number of rotatable bonds is 7. The first kappa shape index (κ1) is 21.1. The van der Waals surface area contributed by atoms with E-state index in [9.17, 15) is 0 Å². The van der Waals surface area contributed by atoms with Gasteiger partial charge in [0.1, 0.15) is 0 Å². The Balaban J connectivity index is 0.00000211. The molecule has 1 heterocycles. The molecule has 2 unspecified atom stereocenters. The molecular formula is C18H37N3O. The minimum absolute atomic E-state index is 0.350. The first-order valence-electron chi connectivity index (χ1n) is 8.89. The smallest absolute Gasteiger partial charge is 0.0522 e. The van der Waals surface area contributed by atoms with Crippen molar-refractivity contribution in [3.63, 3.8) is 0 Å². The lowest BCUT2D eigenvalue weighted by Crippen LogP contribution is -2.34. The van der Waals surface area contributed by atoms with E-state index in [2.05, 4.69) is 26.1 Å². The third-order valence-electron chi connectivity index (χ3n) is 4.15. The van der Waals surface area contributed by atoms with Crippen LogP contribution >= 0.6 is 0 Å². The van der Waals surface area contributed by atoms with Gasteiger partial charge in [-0.05, 0) is 25.2 Å². The van der Waals surface area contributed by atoms with Gasteiger partial charge in [-0.15, -0.1) is 0 Å². The molecule has 22 heavy (non-hydrogen) atoms. The molecule has 4 heteroatoms. The molecular weight excluding hydrogens is 274 g/mol. The highest BCUT2D eigenvalue weighted by Gasteiger charge is 2.19. The zero-order valence-corrected chi connectivity index (χ0v) is 15.5. The van der Waals surface area contributed by atoms with Crippen LogP contribution in [0.3, 0.4) is 0 Å². The lowest BCUT2D eigenvalue weighted by molar-refractivity contribution is 0.187. The van der Waals surface area contributed by atoms with Crippen molar-refractivity contribution in [1.29, 1.82) is 0 Å². The zero-order chi connectivity index (χ0) is 17.0. The van der Waals surface area contributed by atoms with E-state index in [1.54, 1.807) is 7.11 Å². The van der Waals surface area contributed by atoms with Gasteiger partial charge in [-0.1, -0.05) is 34.6 Å². The molecule has 0 bridgehead atoms. The SMILES string of the molecule is CC.CCC(CCOC)N=C1CCNC/C1=C(/N)C(C)CC. The molecule has 0 aromatic carbocycles. The molecule has 0 aromatic rings. The lowest BCUT2D eigenvalue weighted by atomic mass is 9.94. The van der Waals surface area contributed by atoms with Crippen LogP contribution in [0.1, 0.15) is 60.3 Å². The molecule has 4 nitrogen and oxygen atoms in total. The fraction of sp³-hybridized carbons (Fsp3) is 0.833. The molecule has 1 saturated heterocycles. The second-order valence-corrected chi connectivity index (χ2v) is 5.59. The summed E-state index contributed by atoms with van der Waals surface area (Å²) in [6, 6.07) is 0.350. The van der Waals surface area contributed by atoms with Crippen molar-refractivity contribution >= 4 is 5.71 Å². The van der Waals surface area contributed by atoms with Gasteiger partial charge in [-0.25, -0.2) is 0 Å². The molecule has 2 atom stereocenters. The maximum Gasteiger partial charge on any atom is 0.0522 e. The number of methoxy groups -OCH3 is 1. The van der Waals surface area contributed by atoms with E-state index in [0.717, 1.165) is 51.1 Å². The molecule has 1 aliphatic heterocycles. The van der Waals surface area contributed by atoms with Crippen molar-refractivity contribution in [2.24, 2.45) is 16.6 Å². The molecule has 0 amide bonds. The average molecular weight is 312 g/mol. The first-order valence-corrected chi connectivity index (χ1v) is 8.89. The average Bonchev–Trinajstić information content (AvgIpc) is 2.59. The molecule has 130 valence electrons. The Labute approximate surface area is 137 Å². The fourth-order valence-electron chi connectivity index (χ4n) is 2.44. The predicted octanol–water partition coefficient (Wildman–Crippen LogP) is 3.52. The molecule has 0 spiro atoms. The van der Waals surface area contributed by atoms with Gasteiger partial charge in [0, 0.05) is 50.2 Å². The summed E-state index contributed by atoms with van der Waals surface area (Å²) >= 11 is 0. The van der Waals surface area contributed by atoms with Crippen molar-refractivity contribution < 1.29 is 4.74 Å². The van der Waals surface area contributed by atoms with E-state index in [4.69, 9.17) is 15.5 Å². The van der Waals surface area contributed by atoms with Crippen molar-refractivity contribution in [3.8, 4) is 0 Å². The van der Waals surface area contributed by atoms with Crippen LogP contribution in [0.5, 0.6) is 0 Å². The van der Waals surface area contributed by atoms with Crippen LogP contribution in [0.15, 0.2) is 16.3 Å². The van der Waals surface area contributed by atoms with Crippen molar-refractivity contribution in [2.45, 2.75) is 66.3 Å². The van der Waals surface area contributed by atoms with Gasteiger partial charge in [0.2, 0.25) is 0 Å². The summed E-state index contributed by atoms with van der Waals surface area (Å²) in [4.78, 5) is 4.97. The number of nitrogens with zero attached hydrogens (tertiary/aromatic N) is 1. The van der Waals surface area contributed by atoms with Crippen LogP contribution in [0.25, 0.3) is 0 Å². The molecule has 1 fully saturated rings. The summed E-state index contributed by atoms with van der Waals surface area (Å²) in [7, 11) is 1.75. The van der Waals surface area contributed by atoms with E-state index < -0.39 is 0 Å². The van der Waals surface area contributed by atoms with Gasteiger partial charge in [-0.3, -0.25) is 4.99 Å². The molecule has 1 aliphatic rings. The summed E-state index contributed by atoms with van der Waals surface area (Å²) in [6.45, 7) is 13.2. The van der Waals surface area contributed by atoms with Gasteiger partial charge < -0.3 is 15.8 Å². The number of hydrogen-bond acceptors (Lipinski definition) is 4. The minimum atomic E-state index is 0.350. The van der Waals surface area contributed by atoms with Crippen LogP contribution in [0.2, 0.25) is 0 Å². The minimum Gasteiger partial charge on any atom is -0.402 e. The molecule has 3 N–H and O–H groups in total. The quantitative estimate of drug-likeness (QED) is 0.756. The summed E-state index contributed by atoms with van der Waals surface area (Å²) in [6.07, 6.45) is 4.09. The van der Waals surface area contributed by atoms with Crippen LogP contribution in [-0.4, -0.2) is 38.6 Å². The van der Waals surface area contributed by atoms with Crippen LogP contribution in [0, 0.1) is 5.92 Å². The largest absolute Gasteiger partial charge is 0.402 e. The number of aliphatic imine (C=N–C) groups is 1. The van der Waals surface area contributed by atoms with Crippen LogP contribution in [-0.2, 0) is 4.74 Å². The second kappa shape index (κ2) is 12.7. The molecule has 0 saturated carbocycles. The Hall–Kier alpha value is -0.870. The van der Waals surface area contributed by atoms with E-state index in [1.807, 2.05) is 13.8 Å². The van der Waals surface area contributed by atoms with Gasteiger partial charge in [0.05, 0.1) is 6.04 Å². The maximum absolute atomic E-state index is 6.34. The Morgan fingerprint density at radius 2 is 2.00 bits per heavy atom. The highest BCUT2D eigenvalue weighted by Crippen LogP contribution is 2.19. The third kappa shape index (κ3) is 6.93. The first-order chi connectivity index (χ1) is 10.6. The fourth-order valence-corrected chi connectivity index (χ4v) is 2.44. The summed E-state index contributed by atoms with van der Waals surface area (Å²) in [5.41, 5.74) is 9.81. The van der Waals surface area contributed by atoms with E-state index in [1.165, 1.54) is 11.3 Å². The standard InChI is InChI=1S/C16H31N3O.C2H6/c1-5-12(3)16(17)14-11-18-9-7-15(14)19-13(6-2)8-10-20-4;1-2/h12-13,18H,5-11,17H2,1-4H3;1-2H3/b16-14-,19-15?;. The molecule has 0 radical (unpaired) electrons. The Kier molecular flexibility index (Phi) is 12.2. The normalized spacial score (nSPS) is 21.8. The van der Waals surface area contributed by atoms with E-state index in [-0.39, 0.29) is 0 Å². The number of piperidine rings is 1. The highest BCUT2D eigenvalue weighted by molar-refractivity contribution is 6.02. The van der Waals surface area contributed by atoms with Crippen molar-refractivity contribution in [1.82, 2.24) is 5.32 Å². The third-order valence-corrected chi connectivity index (χ3v) is 4.15. The predicted molar refractivity (Wildman–Crippen MR) is 97.5 cm³/mol. The lowest BCUT2D eigenvalue weighted by Gasteiger charge is -2.24. The topological polar surface area (TPSA) is 59.6 Å². The molecule has 1 rings (SSSR count). The van der Waals surface area contributed by atoms with Crippen LogP contribution < -0.4 is 11.1 Å². The van der Waals surface area contributed by atoms with Gasteiger partial charge >= 0.3 is 0 Å².